The number of rotatable bonds is 4. The highest BCUT2D eigenvalue weighted by Crippen LogP contribution is 2.40. The van der Waals surface area contributed by atoms with Gasteiger partial charge in [0.25, 0.3) is 0 Å². The van der Waals surface area contributed by atoms with E-state index in [0.29, 0.717) is 18.8 Å². The second-order valence-corrected chi connectivity index (χ2v) is 3.60. The van der Waals surface area contributed by atoms with E-state index in [9.17, 15) is 0 Å². The van der Waals surface area contributed by atoms with Crippen molar-refractivity contribution in [3.63, 3.8) is 0 Å². The fourth-order valence-electron chi connectivity index (χ4n) is 2.14. The van der Waals surface area contributed by atoms with Crippen LogP contribution in [0.5, 0.6) is 0 Å². The van der Waals surface area contributed by atoms with Gasteiger partial charge in [0.05, 0.1) is 6.10 Å². The minimum Gasteiger partial charge on any atom is -0.356 e. The molecular weight excluding hydrogens is 152 g/mol. The lowest BCUT2D eigenvalue weighted by Gasteiger charge is -2.18. The average molecular weight is 168 g/mol. The monoisotopic (exact) mass is 168 g/mol. The molecule has 1 saturated carbocycles. The first kappa shape index (κ1) is 8.27. The van der Waals surface area contributed by atoms with Gasteiger partial charge in [0.1, 0.15) is 6.79 Å². The van der Waals surface area contributed by atoms with Gasteiger partial charge in [-0.25, -0.2) is 0 Å². The van der Waals surface area contributed by atoms with Gasteiger partial charge in [0.2, 0.25) is 0 Å². The Morgan fingerprint density at radius 3 is 2.83 bits per heavy atom. The van der Waals surface area contributed by atoms with Crippen LogP contribution in [0.2, 0.25) is 0 Å². The molecule has 0 amide bonds. The van der Waals surface area contributed by atoms with Crippen LogP contribution in [-0.2, 0) is 9.47 Å². The van der Waals surface area contributed by atoms with E-state index < -0.39 is 0 Å². The molecular formula is C10H16O2. The van der Waals surface area contributed by atoms with E-state index in [1.807, 2.05) is 6.92 Å². The van der Waals surface area contributed by atoms with Gasteiger partial charge in [-0.05, 0) is 25.7 Å². The number of fused-ring (bicyclic) bond motifs is 2. The Morgan fingerprint density at radius 2 is 2.25 bits per heavy atom. The van der Waals surface area contributed by atoms with Gasteiger partial charge in [0.15, 0.2) is 0 Å². The molecule has 0 radical (unpaired) electrons. The number of ether oxygens (including phenoxy) is 2. The standard InChI is InChI=1S/C10H16O2/c1-2-11-7-12-10-6-8-3-4-9(10)5-8/h3-4,8-10H,2,5-7H2,1H3. The lowest BCUT2D eigenvalue weighted by atomic mass is 10.1. The molecule has 3 atom stereocenters. The topological polar surface area (TPSA) is 18.5 Å². The molecule has 2 heteroatoms. The van der Waals surface area contributed by atoms with Crippen molar-refractivity contribution in [2.24, 2.45) is 11.8 Å². The smallest absolute Gasteiger partial charge is 0.147 e. The zero-order valence-electron chi connectivity index (χ0n) is 7.53. The molecule has 0 aromatic heterocycles. The average Bonchev–Trinajstić information content (AvgIpc) is 2.65. The van der Waals surface area contributed by atoms with Crippen LogP contribution in [0, 0.1) is 11.8 Å². The summed E-state index contributed by atoms with van der Waals surface area (Å²) in [6.45, 7) is 3.21. The Labute approximate surface area is 73.5 Å². The third kappa shape index (κ3) is 1.54. The van der Waals surface area contributed by atoms with Gasteiger partial charge in [0, 0.05) is 12.5 Å². The summed E-state index contributed by atoms with van der Waals surface area (Å²) in [5.41, 5.74) is 0. The Kier molecular flexibility index (Phi) is 2.47. The van der Waals surface area contributed by atoms with Crippen molar-refractivity contribution in [3.05, 3.63) is 12.2 Å². The van der Waals surface area contributed by atoms with Crippen LogP contribution >= 0.6 is 0 Å². The third-order valence-corrected chi connectivity index (χ3v) is 2.79. The van der Waals surface area contributed by atoms with E-state index in [1.165, 1.54) is 12.8 Å². The highest BCUT2D eigenvalue weighted by Gasteiger charge is 2.36. The van der Waals surface area contributed by atoms with Crippen molar-refractivity contribution in [2.45, 2.75) is 25.9 Å². The van der Waals surface area contributed by atoms with E-state index in [-0.39, 0.29) is 0 Å². The summed E-state index contributed by atoms with van der Waals surface area (Å²) in [6.07, 6.45) is 7.56. The van der Waals surface area contributed by atoms with Gasteiger partial charge in [-0.1, -0.05) is 12.2 Å². The molecule has 2 aliphatic rings. The summed E-state index contributed by atoms with van der Waals surface area (Å²) in [5, 5.41) is 0. The van der Waals surface area contributed by atoms with E-state index in [4.69, 9.17) is 9.47 Å². The molecule has 0 saturated heterocycles. The first-order valence-electron chi connectivity index (χ1n) is 4.78. The second-order valence-electron chi connectivity index (χ2n) is 3.60. The highest BCUT2D eigenvalue weighted by molar-refractivity contribution is 5.10. The van der Waals surface area contributed by atoms with Crippen LogP contribution < -0.4 is 0 Å². The van der Waals surface area contributed by atoms with Gasteiger partial charge < -0.3 is 9.47 Å². The molecule has 2 rings (SSSR count). The maximum Gasteiger partial charge on any atom is 0.147 e. The number of allylic oxidation sites excluding steroid dienone is 1. The van der Waals surface area contributed by atoms with Gasteiger partial charge in [-0.15, -0.1) is 0 Å². The van der Waals surface area contributed by atoms with Crippen LogP contribution in [0.25, 0.3) is 0 Å². The normalized spacial score (nSPS) is 37.9. The molecule has 0 N–H and O–H groups in total. The fourth-order valence-corrected chi connectivity index (χ4v) is 2.14. The van der Waals surface area contributed by atoms with Crippen molar-refractivity contribution in [3.8, 4) is 0 Å². The summed E-state index contributed by atoms with van der Waals surface area (Å²) in [4.78, 5) is 0. The minimum atomic E-state index is 0.437. The molecule has 0 heterocycles. The number of hydrogen-bond donors (Lipinski definition) is 0. The predicted molar refractivity (Wildman–Crippen MR) is 46.7 cm³/mol. The summed E-state index contributed by atoms with van der Waals surface area (Å²) in [5.74, 6) is 1.47. The summed E-state index contributed by atoms with van der Waals surface area (Å²) in [6, 6.07) is 0. The Bertz CT molecular complexity index is 177. The first-order valence-corrected chi connectivity index (χ1v) is 4.78. The Morgan fingerprint density at radius 1 is 1.33 bits per heavy atom. The van der Waals surface area contributed by atoms with Crippen molar-refractivity contribution >= 4 is 0 Å². The summed E-state index contributed by atoms with van der Waals surface area (Å²) < 4.78 is 10.8. The zero-order chi connectivity index (χ0) is 8.39. The largest absolute Gasteiger partial charge is 0.356 e. The van der Waals surface area contributed by atoms with E-state index >= 15 is 0 Å². The summed E-state index contributed by atoms with van der Waals surface area (Å²) in [7, 11) is 0. The second kappa shape index (κ2) is 3.58. The van der Waals surface area contributed by atoms with E-state index in [2.05, 4.69) is 12.2 Å². The lowest BCUT2D eigenvalue weighted by molar-refractivity contribution is -0.0929. The molecule has 12 heavy (non-hydrogen) atoms. The maximum atomic E-state index is 5.60. The van der Waals surface area contributed by atoms with Gasteiger partial charge in [-0.3, -0.25) is 0 Å². The molecule has 0 aromatic carbocycles. The maximum absolute atomic E-state index is 5.60. The van der Waals surface area contributed by atoms with E-state index in [1.54, 1.807) is 0 Å². The van der Waals surface area contributed by atoms with Crippen LogP contribution in [0.3, 0.4) is 0 Å². The van der Waals surface area contributed by atoms with E-state index in [0.717, 1.165) is 12.5 Å². The Balaban J connectivity index is 1.73. The molecule has 2 bridgehead atoms. The van der Waals surface area contributed by atoms with Crippen LogP contribution in [0.1, 0.15) is 19.8 Å². The quantitative estimate of drug-likeness (QED) is 0.363. The third-order valence-electron chi connectivity index (χ3n) is 2.79. The molecule has 0 aliphatic heterocycles. The first-order chi connectivity index (χ1) is 5.90. The zero-order valence-corrected chi connectivity index (χ0v) is 7.53. The van der Waals surface area contributed by atoms with Crippen molar-refractivity contribution < 1.29 is 9.47 Å². The SMILES string of the molecule is CCOCOC1CC2C=CC1C2. The van der Waals surface area contributed by atoms with Crippen LogP contribution in [0.15, 0.2) is 12.2 Å². The molecule has 0 aromatic rings. The lowest BCUT2D eigenvalue weighted by Crippen LogP contribution is -2.19. The molecule has 68 valence electrons. The van der Waals surface area contributed by atoms with Crippen molar-refractivity contribution in [2.75, 3.05) is 13.4 Å². The van der Waals surface area contributed by atoms with Crippen molar-refractivity contribution in [1.82, 2.24) is 0 Å². The Hall–Kier alpha value is -0.340. The minimum absolute atomic E-state index is 0.437. The molecule has 3 unspecified atom stereocenters. The van der Waals surface area contributed by atoms with Gasteiger partial charge in [-0.2, -0.15) is 0 Å². The van der Waals surface area contributed by atoms with Crippen molar-refractivity contribution in [1.29, 1.82) is 0 Å². The molecule has 2 nitrogen and oxygen atoms in total. The molecule has 1 fully saturated rings. The van der Waals surface area contributed by atoms with Crippen LogP contribution in [0.4, 0.5) is 0 Å². The van der Waals surface area contributed by atoms with Crippen LogP contribution in [-0.4, -0.2) is 19.5 Å². The molecule has 0 spiro atoms. The summed E-state index contributed by atoms with van der Waals surface area (Å²) >= 11 is 0. The highest BCUT2D eigenvalue weighted by atomic mass is 16.7. The fraction of sp³-hybridized carbons (Fsp3) is 0.800. The van der Waals surface area contributed by atoms with Gasteiger partial charge >= 0.3 is 0 Å². The molecule has 2 aliphatic carbocycles. The number of hydrogen-bond acceptors (Lipinski definition) is 2. The predicted octanol–water partition coefficient (Wildman–Crippen LogP) is 1.96.